The summed E-state index contributed by atoms with van der Waals surface area (Å²) in [6.45, 7) is 3.15. The number of aromatic carboxylic acids is 1. The van der Waals surface area contributed by atoms with E-state index in [-0.39, 0.29) is 35.1 Å². The molecule has 2 N–H and O–H groups in total. The summed E-state index contributed by atoms with van der Waals surface area (Å²) in [5.41, 5.74) is 6.54. The van der Waals surface area contributed by atoms with Gasteiger partial charge in [-0.05, 0) is 61.1 Å². The number of aliphatic hydroxyl groups excluding tert-OH is 1. The van der Waals surface area contributed by atoms with Gasteiger partial charge in [0.1, 0.15) is 5.65 Å². The van der Waals surface area contributed by atoms with Crippen LogP contribution < -0.4 is 0 Å². The van der Waals surface area contributed by atoms with Gasteiger partial charge in [0, 0.05) is 48.4 Å². The fourth-order valence-corrected chi connectivity index (χ4v) is 5.93. The summed E-state index contributed by atoms with van der Waals surface area (Å²) in [7, 11) is 3.91. The van der Waals surface area contributed by atoms with Crippen LogP contribution in [0.25, 0.3) is 38.6 Å². The summed E-state index contributed by atoms with van der Waals surface area (Å²) in [4.78, 5) is 19.6. The zero-order valence-electron chi connectivity index (χ0n) is 22.9. The molecule has 0 aliphatic heterocycles. The number of hydrogen-bond acceptors (Lipinski definition) is 4. The van der Waals surface area contributed by atoms with Gasteiger partial charge in [0.2, 0.25) is 0 Å². The third-order valence-corrected chi connectivity index (χ3v) is 7.56. The predicted octanol–water partition coefficient (Wildman–Crippen LogP) is 4.98. The first kappa shape index (κ1) is 29.0. The van der Waals surface area contributed by atoms with Crippen LogP contribution in [0, 0.1) is 6.92 Å². The molecule has 0 bridgehead atoms. The topological polar surface area (TPSA) is 83.0 Å². The second-order valence-electron chi connectivity index (χ2n) is 10.7. The van der Waals surface area contributed by atoms with Crippen molar-refractivity contribution >= 4 is 62.8 Å². The van der Waals surface area contributed by atoms with Crippen molar-refractivity contribution in [1.82, 2.24) is 18.9 Å². The minimum atomic E-state index is -0.975. The number of rotatable bonds is 8. The number of fused-ring (bicyclic) bond motifs is 3. The van der Waals surface area contributed by atoms with E-state index in [2.05, 4.69) is 34.2 Å². The van der Waals surface area contributed by atoms with Gasteiger partial charge in [-0.15, -0.1) is 0 Å². The Morgan fingerprint density at radius 1 is 1.00 bits per heavy atom. The zero-order valence-corrected chi connectivity index (χ0v) is 22.9. The van der Waals surface area contributed by atoms with Gasteiger partial charge < -0.3 is 24.1 Å². The Morgan fingerprint density at radius 3 is 2.56 bits per heavy atom. The molecule has 0 aliphatic rings. The average molecular weight is 557 g/mol. The first-order chi connectivity index (χ1) is 19.3. The van der Waals surface area contributed by atoms with Crippen LogP contribution in [-0.2, 0) is 13.0 Å². The van der Waals surface area contributed by atoms with Crippen LogP contribution in [0.5, 0.6) is 0 Å². The molecule has 3 aromatic heterocycles. The summed E-state index contributed by atoms with van der Waals surface area (Å²) in [5, 5.41) is 23.8. The van der Waals surface area contributed by atoms with Crippen molar-refractivity contribution in [2.75, 3.05) is 20.6 Å². The molecule has 1 atom stereocenters. The molecular formula is C33H33N4NaO3. The number of hydrogen-bond donors (Lipinski definition) is 2. The van der Waals surface area contributed by atoms with Crippen molar-refractivity contribution < 1.29 is 15.0 Å². The average Bonchev–Trinajstić information content (AvgIpc) is 3.46. The van der Waals surface area contributed by atoms with E-state index in [0.717, 1.165) is 38.8 Å². The van der Waals surface area contributed by atoms with Crippen LogP contribution in [0.15, 0.2) is 85.2 Å². The normalized spacial score (nSPS) is 12.3. The summed E-state index contributed by atoms with van der Waals surface area (Å²) >= 11 is 0. The van der Waals surface area contributed by atoms with E-state index in [4.69, 9.17) is 4.98 Å². The van der Waals surface area contributed by atoms with Crippen molar-refractivity contribution in [2.45, 2.75) is 26.0 Å². The van der Waals surface area contributed by atoms with Crippen LogP contribution in [0.2, 0.25) is 0 Å². The van der Waals surface area contributed by atoms with E-state index in [9.17, 15) is 15.0 Å². The number of aryl methyl sites for hydroxylation is 1. The van der Waals surface area contributed by atoms with Crippen LogP contribution >= 0.6 is 0 Å². The fraction of sp³-hybridized carbons (Fsp3) is 0.212. The second kappa shape index (κ2) is 11.8. The summed E-state index contributed by atoms with van der Waals surface area (Å²) in [6.07, 6.45) is 4.14. The number of likely N-dealkylation sites (N-methyl/N-ethyl adjacent to an activating group) is 1. The summed E-state index contributed by atoms with van der Waals surface area (Å²) in [5.74, 6) is -0.975. The van der Waals surface area contributed by atoms with Crippen LogP contribution in [0.4, 0.5) is 0 Å². The first-order valence-corrected chi connectivity index (χ1v) is 13.4. The molecule has 0 spiro atoms. The van der Waals surface area contributed by atoms with Crippen molar-refractivity contribution in [2.24, 2.45) is 0 Å². The molecule has 3 heterocycles. The van der Waals surface area contributed by atoms with Gasteiger partial charge in [0.15, 0.2) is 0 Å². The number of aliphatic hydroxyl groups is 1. The molecule has 8 heteroatoms. The number of carbonyl (C=O) groups is 1. The molecular weight excluding hydrogens is 523 g/mol. The molecule has 0 fully saturated rings. The number of aromatic nitrogens is 3. The van der Waals surface area contributed by atoms with E-state index >= 15 is 0 Å². The number of imidazole rings is 1. The molecule has 0 amide bonds. The van der Waals surface area contributed by atoms with Crippen LogP contribution in [0.1, 0.15) is 27.2 Å². The molecule has 0 saturated heterocycles. The Balaban J connectivity index is 0.00000337. The number of carboxylic acid groups (broad SMARTS) is 1. The third-order valence-electron chi connectivity index (χ3n) is 7.56. The molecule has 0 radical (unpaired) electrons. The molecule has 7 nitrogen and oxygen atoms in total. The van der Waals surface area contributed by atoms with E-state index in [1.165, 1.54) is 0 Å². The molecule has 6 rings (SSSR count). The number of benzene rings is 3. The Labute approximate surface area is 261 Å². The maximum atomic E-state index is 12.6. The van der Waals surface area contributed by atoms with E-state index < -0.39 is 12.1 Å². The van der Waals surface area contributed by atoms with Gasteiger partial charge in [-0.25, -0.2) is 9.78 Å². The number of nitrogens with zero attached hydrogens (tertiary/aromatic N) is 4. The van der Waals surface area contributed by atoms with Crippen molar-refractivity contribution in [3.8, 4) is 11.3 Å². The molecule has 0 aliphatic carbocycles. The summed E-state index contributed by atoms with van der Waals surface area (Å²) in [6, 6.07) is 23.5. The zero-order chi connectivity index (χ0) is 28.0. The SMILES string of the molecule is Cc1cccc2c1c(Cc1c(-c3ccc4ccccc4c3C(=O)O)nc3ccccn13)cn2CC(O)CN(C)C.[NaH]. The molecule has 1 unspecified atom stereocenters. The summed E-state index contributed by atoms with van der Waals surface area (Å²) < 4.78 is 4.19. The van der Waals surface area contributed by atoms with Gasteiger partial charge in [0.25, 0.3) is 0 Å². The standard InChI is InChI=1S/C33H32N4O3.Na.H/c1-21-9-8-12-27-30(21)23(18-36(27)20-24(38)19-35(2)3)17-28-32(34-29-13-6-7-16-37(28)29)26-15-14-22-10-4-5-11-25(22)31(26)33(39)40;;/h4-16,18,24,38H,17,19-20H2,1-3H3,(H,39,40);;. The molecule has 41 heavy (non-hydrogen) atoms. The van der Waals surface area contributed by atoms with Gasteiger partial charge in [-0.3, -0.25) is 0 Å². The van der Waals surface area contributed by atoms with Crippen molar-refractivity contribution in [3.63, 3.8) is 0 Å². The van der Waals surface area contributed by atoms with Gasteiger partial charge >= 0.3 is 35.5 Å². The van der Waals surface area contributed by atoms with Crippen molar-refractivity contribution in [3.05, 3.63) is 108 Å². The van der Waals surface area contributed by atoms with E-state index in [1.807, 2.05) is 85.9 Å². The molecule has 204 valence electrons. The van der Waals surface area contributed by atoms with Crippen LogP contribution in [-0.4, -0.2) is 91.3 Å². The molecule has 6 aromatic rings. The molecule has 3 aromatic carbocycles. The quantitative estimate of drug-likeness (QED) is 0.259. The number of pyridine rings is 1. The third kappa shape index (κ3) is 5.44. The fourth-order valence-electron chi connectivity index (χ4n) is 5.93. The van der Waals surface area contributed by atoms with Gasteiger partial charge in [-0.2, -0.15) is 0 Å². The maximum absolute atomic E-state index is 12.6. The minimum absolute atomic E-state index is 0. The number of carboxylic acids is 1. The van der Waals surface area contributed by atoms with E-state index in [0.29, 0.717) is 36.2 Å². The second-order valence-corrected chi connectivity index (χ2v) is 10.7. The molecule has 0 saturated carbocycles. The van der Waals surface area contributed by atoms with Gasteiger partial charge in [0.05, 0.1) is 23.1 Å². The van der Waals surface area contributed by atoms with Gasteiger partial charge in [-0.1, -0.05) is 54.6 Å². The Kier molecular flexibility index (Phi) is 8.36. The Morgan fingerprint density at radius 2 is 1.78 bits per heavy atom. The van der Waals surface area contributed by atoms with E-state index in [1.54, 1.807) is 0 Å². The monoisotopic (exact) mass is 556 g/mol. The Bertz CT molecular complexity index is 1890. The van der Waals surface area contributed by atoms with Crippen LogP contribution in [0.3, 0.4) is 0 Å². The first-order valence-electron chi connectivity index (χ1n) is 13.4. The van der Waals surface area contributed by atoms with Crippen molar-refractivity contribution in [1.29, 1.82) is 0 Å². The Hall–Kier alpha value is -3.46. The predicted molar refractivity (Wildman–Crippen MR) is 166 cm³/mol.